The maximum absolute atomic E-state index is 13.4. The normalized spacial score (nSPS) is 15.4. The minimum Gasteiger partial charge on any atom is -0.367 e. The van der Waals surface area contributed by atoms with E-state index in [1.807, 2.05) is 6.08 Å². The molecule has 178 valence electrons. The fourth-order valence-electron chi connectivity index (χ4n) is 4.07. The van der Waals surface area contributed by atoms with E-state index < -0.39 is 0 Å². The van der Waals surface area contributed by atoms with Crippen molar-refractivity contribution < 1.29 is 17.9 Å². The summed E-state index contributed by atoms with van der Waals surface area (Å²) in [5.74, 6) is -0.821. The summed E-state index contributed by atoms with van der Waals surface area (Å²) in [7, 11) is 0. The van der Waals surface area contributed by atoms with Gasteiger partial charge in [0.2, 0.25) is 0 Å². The molecule has 1 fully saturated rings. The number of halogens is 3. The Labute approximate surface area is 199 Å². The van der Waals surface area contributed by atoms with Crippen LogP contribution in [-0.2, 0) is 4.74 Å². The van der Waals surface area contributed by atoms with Gasteiger partial charge >= 0.3 is 0 Å². The maximum atomic E-state index is 13.4. The van der Waals surface area contributed by atoms with Gasteiger partial charge in [-0.15, -0.1) is 0 Å². The van der Waals surface area contributed by atoms with E-state index in [2.05, 4.69) is 15.9 Å². The molecular formula is C28H29F3N2O. The number of hydrogen-bond donors (Lipinski definition) is 0. The zero-order valence-electron chi connectivity index (χ0n) is 19.0. The molecule has 0 atom stereocenters. The lowest BCUT2D eigenvalue weighted by atomic mass is 10.0. The molecule has 3 aromatic rings. The predicted octanol–water partition coefficient (Wildman–Crippen LogP) is 5.54. The Bertz CT molecular complexity index is 999. The Morgan fingerprint density at radius 1 is 0.676 bits per heavy atom. The molecule has 34 heavy (non-hydrogen) atoms. The molecule has 0 saturated carbocycles. The standard InChI is InChI=1S/C28H29F3N2O/c29-25-9-3-22(4-10-25)2-1-15-32-16-18-33(19-17-32)20-21-34-28(23-5-11-26(30)12-6-23)24-7-13-27(31)14-8-24/h1-14,28H,15-21H2/b2-1+. The van der Waals surface area contributed by atoms with Crippen molar-refractivity contribution in [3.63, 3.8) is 0 Å². The highest BCUT2D eigenvalue weighted by Gasteiger charge is 2.18. The minimum atomic E-state index is -0.376. The van der Waals surface area contributed by atoms with Crippen LogP contribution in [0.2, 0.25) is 0 Å². The highest BCUT2D eigenvalue weighted by atomic mass is 19.1. The summed E-state index contributed by atoms with van der Waals surface area (Å²) in [6.45, 7) is 6.00. The first kappa shape index (κ1) is 24.2. The number of piperazine rings is 1. The largest absolute Gasteiger partial charge is 0.367 e. The number of nitrogens with zero attached hydrogens (tertiary/aromatic N) is 2. The van der Waals surface area contributed by atoms with Crippen LogP contribution < -0.4 is 0 Å². The van der Waals surface area contributed by atoms with Crippen LogP contribution in [0.3, 0.4) is 0 Å². The van der Waals surface area contributed by atoms with Gasteiger partial charge in [0.05, 0.1) is 6.61 Å². The summed E-state index contributed by atoms with van der Waals surface area (Å²) in [6.07, 6.45) is 3.76. The van der Waals surface area contributed by atoms with Gasteiger partial charge in [0.1, 0.15) is 23.6 Å². The van der Waals surface area contributed by atoms with Crippen LogP contribution in [0.5, 0.6) is 0 Å². The first-order chi connectivity index (χ1) is 16.6. The molecule has 1 aliphatic rings. The van der Waals surface area contributed by atoms with Crippen LogP contribution in [0.4, 0.5) is 13.2 Å². The lowest BCUT2D eigenvalue weighted by molar-refractivity contribution is 0.0467. The van der Waals surface area contributed by atoms with Crippen molar-refractivity contribution in [1.29, 1.82) is 0 Å². The molecule has 0 radical (unpaired) electrons. The second-order valence-electron chi connectivity index (χ2n) is 8.45. The number of benzene rings is 3. The van der Waals surface area contributed by atoms with Gasteiger partial charge < -0.3 is 4.74 Å². The molecule has 0 aliphatic carbocycles. The Balaban J connectivity index is 1.24. The average molecular weight is 467 g/mol. The molecule has 3 aromatic carbocycles. The molecule has 0 amide bonds. The van der Waals surface area contributed by atoms with Gasteiger partial charge in [-0.2, -0.15) is 0 Å². The fourth-order valence-corrected chi connectivity index (χ4v) is 4.07. The zero-order chi connectivity index (χ0) is 23.8. The number of ether oxygens (including phenoxy) is 1. The first-order valence-electron chi connectivity index (χ1n) is 11.6. The maximum Gasteiger partial charge on any atom is 0.123 e. The van der Waals surface area contributed by atoms with Crippen molar-refractivity contribution in [1.82, 2.24) is 9.80 Å². The summed E-state index contributed by atoms with van der Waals surface area (Å²) < 4.78 is 46.0. The third kappa shape index (κ3) is 7.03. The van der Waals surface area contributed by atoms with Crippen molar-refractivity contribution in [2.75, 3.05) is 45.9 Å². The van der Waals surface area contributed by atoms with Crippen molar-refractivity contribution in [2.24, 2.45) is 0 Å². The number of rotatable bonds is 9. The van der Waals surface area contributed by atoms with Gasteiger partial charge in [0.15, 0.2) is 0 Å². The molecule has 0 bridgehead atoms. The quantitative estimate of drug-likeness (QED) is 0.412. The molecule has 0 unspecified atom stereocenters. The highest BCUT2D eigenvalue weighted by molar-refractivity contribution is 5.48. The summed E-state index contributed by atoms with van der Waals surface area (Å²) in [5.41, 5.74) is 2.67. The molecule has 0 aromatic heterocycles. The van der Waals surface area contributed by atoms with E-state index in [0.717, 1.165) is 56.0 Å². The molecule has 6 heteroatoms. The van der Waals surface area contributed by atoms with Gasteiger partial charge in [0, 0.05) is 39.3 Å². The van der Waals surface area contributed by atoms with E-state index in [4.69, 9.17) is 4.74 Å². The number of hydrogen-bond acceptors (Lipinski definition) is 3. The Hall–Kier alpha value is -2.93. The van der Waals surface area contributed by atoms with Crippen LogP contribution in [-0.4, -0.2) is 55.7 Å². The van der Waals surface area contributed by atoms with Crippen molar-refractivity contribution in [2.45, 2.75) is 6.10 Å². The van der Waals surface area contributed by atoms with Gasteiger partial charge in [0.25, 0.3) is 0 Å². The van der Waals surface area contributed by atoms with Gasteiger partial charge in [-0.3, -0.25) is 9.80 Å². The van der Waals surface area contributed by atoms with Crippen LogP contribution in [0.15, 0.2) is 78.9 Å². The van der Waals surface area contributed by atoms with Crippen molar-refractivity contribution in [3.05, 3.63) is 113 Å². The van der Waals surface area contributed by atoms with Crippen molar-refractivity contribution in [3.8, 4) is 0 Å². The molecule has 3 nitrogen and oxygen atoms in total. The van der Waals surface area contributed by atoms with E-state index in [1.54, 1.807) is 36.4 Å². The van der Waals surface area contributed by atoms with E-state index in [0.29, 0.717) is 6.61 Å². The van der Waals surface area contributed by atoms with Crippen LogP contribution in [0.1, 0.15) is 22.8 Å². The van der Waals surface area contributed by atoms with E-state index in [1.165, 1.54) is 36.4 Å². The summed E-state index contributed by atoms with van der Waals surface area (Å²) in [4.78, 5) is 4.75. The topological polar surface area (TPSA) is 15.7 Å². The predicted molar refractivity (Wildman–Crippen MR) is 129 cm³/mol. The molecule has 0 spiro atoms. The smallest absolute Gasteiger partial charge is 0.123 e. The van der Waals surface area contributed by atoms with Crippen LogP contribution in [0.25, 0.3) is 6.08 Å². The average Bonchev–Trinajstić information content (AvgIpc) is 2.85. The molecule has 0 N–H and O–H groups in total. The van der Waals surface area contributed by atoms with Gasteiger partial charge in [-0.25, -0.2) is 13.2 Å². The summed E-state index contributed by atoms with van der Waals surface area (Å²) in [6, 6.07) is 19.0. The lowest BCUT2D eigenvalue weighted by Gasteiger charge is -2.34. The van der Waals surface area contributed by atoms with Gasteiger partial charge in [-0.1, -0.05) is 48.6 Å². The third-order valence-electron chi connectivity index (χ3n) is 6.05. The summed E-state index contributed by atoms with van der Waals surface area (Å²) >= 11 is 0. The molecule has 1 heterocycles. The monoisotopic (exact) mass is 466 g/mol. The van der Waals surface area contributed by atoms with Crippen molar-refractivity contribution >= 4 is 6.08 Å². The molecular weight excluding hydrogens is 437 g/mol. The second-order valence-corrected chi connectivity index (χ2v) is 8.45. The van der Waals surface area contributed by atoms with Crippen LogP contribution in [0, 0.1) is 17.5 Å². The van der Waals surface area contributed by atoms with Gasteiger partial charge in [-0.05, 0) is 53.1 Å². The Morgan fingerprint density at radius 2 is 1.15 bits per heavy atom. The first-order valence-corrected chi connectivity index (χ1v) is 11.6. The van der Waals surface area contributed by atoms with E-state index in [-0.39, 0.29) is 23.6 Å². The Morgan fingerprint density at radius 3 is 1.68 bits per heavy atom. The third-order valence-corrected chi connectivity index (χ3v) is 6.05. The molecule has 1 aliphatic heterocycles. The van der Waals surface area contributed by atoms with Crippen LogP contribution >= 0.6 is 0 Å². The second kappa shape index (κ2) is 12.0. The van der Waals surface area contributed by atoms with E-state index >= 15 is 0 Å². The molecule has 4 rings (SSSR count). The van der Waals surface area contributed by atoms with E-state index in [9.17, 15) is 13.2 Å². The zero-order valence-corrected chi connectivity index (χ0v) is 19.0. The lowest BCUT2D eigenvalue weighted by Crippen LogP contribution is -2.47. The highest BCUT2D eigenvalue weighted by Crippen LogP contribution is 2.26. The SMILES string of the molecule is Fc1ccc(/C=C/CN2CCN(CCOC(c3ccc(F)cc3)c3ccc(F)cc3)CC2)cc1. The molecule has 1 saturated heterocycles. The Kier molecular flexibility index (Phi) is 8.52. The summed E-state index contributed by atoms with van der Waals surface area (Å²) in [5, 5.41) is 0. The fraction of sp³-hybridized carbons (Fsp3) is 0.286. The minimum absolute atomic E-state index is 0.223.